The maximum atomic E-state index is 13.1. The van der Waals surface area contributed by atoms with Gasteiger partial charge in [-0.15, -0.1) is 11.3 Å². The molecular formula is C24H28ClN3O3S2. The number of fused-ring (bicyclic) bond motifs is 1. The van der Waals surface area contributed by atoms with Gasteiger partial charge in [-0.05, 0) is 60.7 Å². The van der Waals surface area contributed by atoms with E-state index in [1.807, 2.05) is 10.3 Å². The molecule has 33 heavy (non-hydrogen) atoms. The summed E-state index contributed by atoms with van der Waals surface area (Å²) in [6.45, 7) is 3.71. The van der Waals surface area contributed by atoms with Crippen LogP contribution in [0.2, 0.25) is 5.02 Å². The lowest BCUT2D eigenvalue weighted by molar-refractivity contribution is -0.120. The van der Waals surface area contributed by atoms with E-state index in [4.69, 9.17) is 11.6 Å². The molecule has 1 fully saturated rings. The third-order valence-corrected chi connectivity index (χ3v) is 8.67. The molecule has 2 heterocycles. The Bertz CT molecular complexity index is 1240. The van der Waals surface area contributed by atoms with Crippen molar-refractivity contribution in [3.63, 3.8) is 0 Å². The summed E-state index contributed by atoms with van der Waals surface area (Å²) >= 11 is 7.55. The molecular weight excluding hydrogens is 478 g/mol. The topological polar surface area (TPSA) is 79.4 Å². The van der Waals surface area contributed by atoms with Crippen molar-refractivity contribution in [3.05, 3.63) is 46.8 Å². The van der Waals surface area contributed by atoms with Crippen molar-refractivity contribution in [1.82, 2.24) is 4.98 Å². The predicted molar refractivity (Wildman–Crippen MR) is 137 cm³/mol. The standard InChI is InChI=1S/C24H28ClN3O3S2/c1-2-11-26-24-27-23(16-32-24)28-12-4-3-5-21(28)22(29)10-13-33(30,31)20-9-7-17-14-19(25)8-6-18(17)15-20/h6-9,14-16,21H,2-5,10-13H2,1H3,(H,26,27). The number of hydrogen-bond donors (Lipinski definition) is 1. The van der Waals surface area contributed by atoms with E-state index in [9.17, 15) is 13.2 Å². The van der Waals surface area contributed by atoms with Crippen LogP contribution in [0.5, 0.6) is 0 Å². The lowest BCUT2D eigenvalue weighted by Gasteiger charge is -2.35. The number of carbonyl (C=O) groups is 1. The SMILES string of the molecule is CCCNc1nc(N2CCCCC2C(=O)CCS(=O)(=O)c2ccc3cc(Cl)ccc3c2)cs1. The van der Waals surface area contributed by atoms with E-state index in [1.54, 1.807) is 36.4 Å². The molecule has 1 N–H and O–H groups in total. The average molecular weight is 506 g/mol. The van der Waals surface area contributed by atoms with Gasteiger partial charge in [-0.3, -0.25) is 4.79 Å². The number of piperidine rings is 1. The fourth-order valence-corrected chi connectivity index (χ4v) is 6.36. The van der Waals surface area contributed by atoms with Gasteiger partial charge in [0.15, 0.2) is 20.8 Å². The molecule has 0 amide bonds. The lowest BCUT2D eigenvalue weighted by Crippen LogP contribution is -2.45. The third-order valence-electron chi connectivity index (χ3n) is 5.94. The summed E-state index contributed by atoms with van der Waals surface area (Å²) in [6.07, 6.45) is 3.69. The molecule has 1 aliphatic rings. The lowest BCUT2D eigenvalue weighted by atomic mass is 9.97. The van der Waals surface area contributed by atoms with E-state index in [0.717, 1.165) is 60.5 Å². The molecule has 0 saturated carbocycles. The number of sulfone groups is 1. The number of hydrogen-bond acceptors (Lipinski definition) is 7. The Kier molecular flexibility index (Phi) is 7.56. The second-order valence-corrected chi connectivity index (χ2v) is 11.7. The largest absolute Gasteiger partial charge is 0.361 e. The van der Waals surface area contributed by atoms with E-state index < -0.39 is 9.84 Å². The van der Waals surface area contributed by atoms with Crippen LogP contribution in [-0.2, 0) is 14.6 Å². The number of benzene rings is 2. The molecule has 6 nitrogen and oxygen atoms in total. The Labute approximate surface area is 203 Å². The number of carbonyl (C=O) groups excluding carboxylic acids is 1. The van der Waals surface area contributed by atoms with Crippen LogP contribution in [0.1, 0.15) is 39.0 Å². The highest BCUT2D eigenvalue weighted by Gasteiger charge is 2.31. The van der Waals surface area contributed by atoms with Gasteiger partial charge in [-0.25, -0.2) is 13.4 Å². The first-order chi connectivity index (χ1) is 15.9. The van der Waals surface area contributed by atoms with E-state index in [2.05, 4.69) is 17.2 Å². The highest BCUT2D eigenvalue weighted by atomic mass is 35.5. The van der Waals surface area contributed by atoms with E-state index >= 15 is 0 Å². The van der Waals surface area contributed by atoms with Gasteiger partial charge in [0.2, 0.25) is 0 Å². The van der Waals surface area contributed by atoms with Gasteiger partial charge in [0.25, 0.3) is 0 Å². The van der Waals surface area contributed by atoms with Crippen molar-refractivity contribution >= 4 is 60.3 Å². The van der Waals surface area contributed by atoms with Gasteiger partial charge in [0.05, 0.1) is 16.7 Å². The van der Waals surface area contributed by atoms with Crippen molar-refractivity contribution in [2.24, 2.45) is 0 Å². The fraction of sp³-hybridized carbons (Fsp3) is 0.417. The van der Waals surface area contributed by atoms with Gasteiger partial charge in [-0.1, -0.05) is 30.7 Å². The number of aromatic nitrogens is 1. The first kappa shape index (κ1) is 24.0. The molecule has 0 aliphatic carbocycles. The minimum absolute atomic E-state index is 0.00671. The zero-order valence-corrected chi connectivity index (χ0v) is 21.0. The summed E-state index contributed by atoms with van der Waals surface area (Å²) in [5, 5.41) is 8.40. The summed E-state index contributed by atoms with van der Waals surface area (Å²) in [5.41, 5.74) is 0. The number of halogens is 1. The number of Topliss-reactive ketones (excluding diaryl/α,β-unsaturated/α-hetero) is 1. The Hall–Kier alpha value is -2.16. The molecule has 1 unspecified atom stereocenters. The molecule has 0 spiro atoms. The van der Waals surface area contributed by atoms with Gasteiger partial charge in [0, 0.05) is 29.9 Å². The van der Waals surface area contributed by atoms with Gasteiger partial charge < -0.3 is 10.2 Å². The predicted octanol–water partition coefficient (Wildman–Crippen LogP) is 5.56. The monoisotopic (exact) mass is 505 g/mol. The smallest absolute Gasteiger partial charge is 0.184 e. The molecule has 0 radical (unpaired) electrons. The zero-order valence-electron chi connectivity index (χ0n) is 18.6. The summed E-state index contributed by atoms with van der Waals surface area (Å²) in [6, 6.07) is 10.0. The Balaban J connectivity index is 1.45. The van der Waals surface area contributed by atoms with Crippen LogP contribution in [0.25, 0.3) is 10.8 Å². The average Bonchev–Trinajstić information content (AvgIpc) is 3.29. The van der Waals surface area contributed by atoms with Gasteiger partial charge >= 0.3 is 0 Å². The molecule has 4 rings (SSSR count). The molecule has 1 aromatic heterocycles. The van der Waals surface area contributed by atoms with Crippen LogP contribution in [0.3, 0.4) is 0 Å². The maximum absolute atomic E-state index is 13.1. The minimum Gasteiger partial charge on any atom is -0.361 e. The van der Waals surface area contributed by atoms with Crippen molar-refractivity contribution < 1.29 is 13.2 Å². The maximum Gasteiger partial charge on any atom is 0.184 e. The number of thiazole rings is 1. The third kappa shape index (κ3) is 5.67. The number of rotatable bonds is 9. The second-order valence-electron chi connectivity index (χ2n) is 8.33. The molecule has 3 aromatic rings. The highest BCUT2D eigenvalue weighted by molar-refractivity contribution is 7.91. The number of anilines is 2. The molecule has 176 valence electrons. The highest BCUT2D eigenvalue weighted by Crippen LogP contribution is 2.30. The fourth-order valence-electron chi connectivity index (χ4n) is 4.16. The summed E-state index contributed by atoms with van der Waals surface area (Å²) < 4.78 is 25.9. The van der Waals surface area contributed by atoms with Crippen LogP contribution >= 0.6 is 22.9 Å². The number of nitrogens with one attached hydrogen (secondary N) is 1. The number of ketones is 1. The normalized spacial score (nSPS) is 16.8. The Morgan fingerprint density at radius 3 is 2.82 bits per heavy atom. The van der Waals surface area contributed by atoms with Crippen LogP contribution in [-0.4, -0.2) is 44.1 Å². The molecule has 9 heteroatoms. The van der Waals surface area contributed by atoms with Crippen molar-refractivity contribution in [2.75, 3.05) is 29.1 Å². The summed E-state index contributed by atoms with van der Waals surface area (Å²) in [4.78, 5) is 20.1. The molecule has 0 bridgehead atoms. The van der Waals surface area contributed by atoms with Crippen LogP contribution in [0.15, 0.2) is 46.7 Å². The molecule has 1 atom stereocenters. The minimum atomic E-state index is -3.58. The second kappa shape index (κ2) is 10.4. The van der Waals surface area contributed by atoms with E-state index in [-0.39, 0.29) is 28.9 Å². The summed E-state index contributed by atoms with van der Waals surface area (Å²) in [7, 11) is -3.58. The molecule has 2 aromatic carbocycles. The van der Waals surface area contributed by atoms with Crippen LogP contribution in [0, 0.1) is 0 Å². The molecule has 1 saturated heterocycles. The van der Waals surface area contributed by atoms with Crippen molar-refractivity contribution in [1.29, 1.82) is 0 Å². The Morgan fingerprint density at radius 2 is 2.00 bits per heavy atom. The zero-order chi connectivity index (χ0) is 23.4. The first-order valence-corrected chi connectivity index (χ1v) is 14.2. The quantitative estimate of drug-likeness (QED) is 0.410. The number of nitrogens with zero attached hydrogens (tertiary/aromatic N) is 2. The van der Waals surface area contributed by atoms with Crippen molar-refractivity contribution in [3.8, 4) is 0 Å². The van der Waals surface area contributed by atoms with E-state index in [1.165, 1.54) is 11.3 Å². The van der Waals surface area contributed by atoms with Crippen molar-refractivity contribution in [2.45, 2.75) is 50.0 Å². The Morgan fingerprint density at radius 1 is 1.21 bits per heavy atom. The van der Waals surface area contributed by atoms with Crippen LogP contribution < -0.4 is 10.2 Å². The van der Waals surface area contributed by atoms with Crippen LogP contribution in [0.4, 0.5) is 10.9 Å². The summed E-state index contributed by atoms with van der Waals surface area (Å²) in [5.74, 6) is 0.560. The first-order valence-electron chi connectivity index (χ1n) is 11.3. The van der Waals surface area contributed by atoms with Gasteiger partial charge in [-0.2, -0.15) is 0 Å². The van der Waals surface area contributed by atoms with Gasteiger partial charge in [0.1, 0.15) is 5.82 Å². The molecule has 1 aliphatic heterocycles. The van der Waals surface area contributed by atoms with E-state index in [0.29, 0.717) is 5.02 Å².